The van der Waals surface area contributed by atoms with E-state index >= 15 is 0 Å². The third-order valence-electron chi connectivity index (χ3n) is 3.10. The molecule has 0 heterocycles. The second-order valence-electron chi connectivity index (χ2n) is 4.68. The van der Waals surface area contributed by atoms with Gasteiger partial charge in [-0.2, -0.15) is 0 Å². The van der Waals surface area contributed by atoms with Gasteiger partial charge >= 0.3 is 0 Å². The summed E-state index contributed by atoms with van der Waals surface area (Å²) < 4.78 is 0. The number of hydrogen-bond acceptors (Lipinski definition) is 2. The monoisotopic (exact) mass is 241 g/mol. The second kappa shape index (κ2) is 5.69. The van der Waals surface area contributed by atoms with Crippen molar-refractivity contribution in [3.05, 3.63) is 65.2 Å². The Balaban J connectivity index is 1.96. The highest BCUT2D eigenvalue weighted by Crippen LogP contribution is 2.15. The SMILES string of the molecule is Cc1ccc(C(C)NCc2cccc(O)c2)cc1. The fourth-order valence-electron chi connectivity index (χ4n) is 1.91. The summed E-state index contributed by atoms with van der Waals surface area (Å²) in [6.45, 7) is 4.99. The third-order valence-corrected chi connectivity index (χ3v) is 3.10. The van der Waals surface area contributed by atoms with Crippen LogP contribution >= 0.6 is 0 Å². The van der Waals surface area contributed by atoms with Crippen LogP contribution in [0, 0.1) is 6.92 Å². The summed E-state index contributed by atoms with van der Waals surface area (Å²) in [6.07, 6.45) is 0. The Hall–Kier alpha value is -1.80. The lowest BCUT2D eigenvalue weighted by Gasteiger charge is -2.14. The molecular weight excluding hydrogens is 222 g/mol. The first-order valence-electron chi connectivity index (χ1n) is 6.23. The zero-order chi connectivity index (χ0) is 13.0. The molecule has 0 amide bonds. The van der Waals surface area contributed by atoms with Crippen LogP contribution in [0.25, 0.3) is 0 Å². The molecule has 2 nitrogen and oxygen atoms in total. The topological polar surface area (TPSA) is 32.3 Å². The lowest BCUT2D eigenvalue weighted by Crippen LogP contribution is -2.17. The molecule has 2 aromatic rings. The van der Waals surface area contributed by atoms with Crippen molar-refractivity contribution >= 4 is 0 Å². The minimum absolute atomic E-state index is 0.299. The number of phenols is 1. The standard InChI is InChI=1S/C16H19NO/c1-12-6-8-15(9-7-12)13(2)17-11-14-4-3-5-16(18)10-14/h3-10,13,17-18H,11H2,1-2H3. The number of nitrogens with one attached hydrogen (secondary N) is 1. The minimum Gasteiger partial charge on any atom is -0.508 e. The third kappa shape index (κ3) is 3.34. The van der Waals surface area contributed by atoms with Crippen LogP contribution in [-0.2, 0) is 6.54 Å². The van der Waals surface area contributed by atoms with E-state index in [1.165, 1.54) is 11.1 Å². The lowest BCUT2D eigenvalue weighted by molar-refractivity contribution is 0.473. The van der Waals surface area contributed by atoms with Crippen LogP contribution in [0.5, 0.6) is 5.75 Å². The van der Waals surface area contributed by atoms with E-state index in [4.69, 9.17) is 0 Å². The zero-order valence-electron chi connectivity index (χ0n) is 10.9. The van der Waals surface area contributed by atoms with Gasteiger partial charge in [-0.05, 0) is 37.1 Å². The van der Waals surface area contributed by atoms with E-state index in [0.29, 0.717) is 11.8 Å². The quantitative estimate of drug-likeness (QED) is 0.858. The lowest BCUT2D eigenvalue weighted by atomic mass is 10.1. The van der Waals surface area contributed by atoms with Gasteiger partial charge in [0.15, 0.2) is 0 Å². The zero-order valence-corrected chi connectivity index (χ0v) is 10.9. The summed E-state index contributed by atoms with van der Waals surface area (Å²) in [7, 11) is 0. The summed E-state index contributed by atoms with van der Waals surface area (Å²) in [4.78, 5) is 0. The molecule has 0 saturated carbocycles. The smallest absolute Gasteiger partial charge is 0.115 e. The number of hydrogen-bond donors (Lipinski definition) is 2. The fourth-order valence-corrected chi connectivity index (χ4v) is 1.91. The molecule has 0 spiro atoms. The highest BCUT2D eigenvalue weighted by molar-refractivity contribution is 5.27. The Morgan fingerprint density at radius 2 is 1.83 bits per heavy atom. The first-order valence-corrected chi connectivity index (χ1v) is 6.23. The van der Waals surface area contributed by atoms with Gasteiger partial charge < -0.3 is 10.4 Å². The molecule has 94 valence electrons. The number of rotatable bonds is 4. The van der Waals surface area contributed by atoms with Gasteiger partial charge in [-0.1, -0.05) is 42.0 Å². The predicted molar refractivity (Wildman–Crippen MR) is 74.5 cm³/mol. The van der Waals surface area contributed by atoms with Crippen molar-refractivity contribution in [1.82, 2.24) is 5.32 Å². The van der Waals surface area contributed by atoms with Gasteiger partial charge in [0, 0.05) is 12.6 Å². The molecule has 0 aliphatic carbocycles. The average molecular weight is 241 g/mol. The van der Waals surface area contributed by atoms with E-state index in [1.54, 1.807) is 12.1 Å². The minimum atomic E-state index is 0.299. The maximum absolute atomic E-state index is 9.40. The summed E-state index contributed by atoms with van der Waals surface area (Å²) in [5.74, 6) is 0.317. The molecule has 2 aromatic carbocycles. The number of aromatic hydroxyl groups is 1. The first kappa shape index (κ1) is 12.7. The molecule has 0 bridgehead atoms. The molecule has 0 aromatic heterocycles. The molecule has 0 aliphatic heterocycles. The summed E-state index contributed by atoms with van der Waals surface area (Å²) in [6, 6.07) is 16.2. The van der Waals surface area contributed by atoms with Gasteiger partial charge in [-0.25, -0.2) is 0 Å². The van der Waals surface area contributed by atoms with E-state index < -0.39 is 0 Å². The molecular formula is C16H19NO. The van der Waals surface area contributed by atoms with Crippen LogP contribution in [-0.4, -0.2) is 5.11 Å². The molecule has 1 atom stereocenters. The van der Waals surface area contributed by atoms with E-state index in [9.17, 15) is 5.11 Å². The molecule has 2 rings (SSSR count). The van der Waals surface area contributed by atoms with Crippen molar-refractivity contribution in [2.45, 2.75) is 26.4 Å². The Labute approximate surface area is 108 Å². The van der Waals surface area contributed by atoms with Gasteiger partial charge in [-0.3, -0.25) is 0 Å². The summed E-state index contributed by atoms with van der Waals surface area (Å²) in [5.41, 5.74) is 3.65. The van der Waals surface area contributed by atoms with E-state index in [-0.39, 0.29) is 0 Å². The van der Waals surface area contributed by atoms with Gasteiger partial charge in [-0.15, -0.1) is 0 Å². The summed E-state index contributed by atoms with van der Waals surface area (Å²) in [5, 5.41) is 12.8. The Kier molecular flexibility index (Phi) is 4.00. The first-order chi connectivity index (χ1) is 8.65. The van der Waals surface area contributed by atoms with Crippen LogP contribution in [0.2, 0.25) is 0 Å². The van der Waals surface area contributed by atoms with Crippen LogP contribution in [0.15, 0.2) is 48.5 Å². The fraction of sp³-hybridized carbons (Fsp3) is 0.250. The molecule has 1 unspecified atom stereocenters. The van der Waals surface area contributed by atoms with Crippen molar-refractivity contribution in [3.63, 3.8) is 0 Å². The summed E-state index contributed by atoms with van der Waals surface area (Å²) >= 11 is 0. The molecule has 2 heteroatoms. The van der Waals surface area contributed by atoms with Crippen molar-refractivity contribution in [3.8, 4) is 5.75 Å². The predicted octanol–water partition coefficient (Wildman–Crippen LogP) is 3.55. The number of phenolic OH excluding ortho intramolecular Hbond substituents is 1. The number of benzene rings is 2. The van der Waals surface area contributed by atoms with Crippen molar-refractivity contribution in [2.75, 3.05) is 0 Å². The van der Waals surface area contributed by atoms with Crippen molar-refractivity contribution < 1.29 is 5.11 Å². The Morgan fingerprint density at radius 3 is 2.50 bits per heavy atom. The highest BCUT2D eigenvalue weighted by Gasteiger charge is 2.04. The normalized spacial score (nSPS) is 12.3. The largest absolute Gasteiger partial charge is 0.508 e. The van der Waals surface area contributed by atoms with Crippen molar-refractivity contribution in [2.24, 2.45) is 0 Å². The van der Waals surface area contributed by atoms with E-state index in [2.05, 4.69) is 43.4 Å². The van der Waals surface area contributed by atoms with Crippen LogP contribution < -0.4 is 5.32 Å². The second-order valence-corrected chi connectivity index (χ2v) is 4.68. The Bertz CT molecular complexity index is 505. The van der Waals surface area contributed by atoms with Crippen LogP contribution in [0.4, 0.5) is 0 Å². The molecule has 0 radical (unpaired) electrons. The number of aryl methyl sites for hydroxylation is 1. The van der Waals surface area contributed by atoms with Gasteiger partial charge in [0.05, 0.1) is 0 Å². The Morgan fingerprint density at radius 1 is 1.11 bits per heavy atom. The maximum atomic E-state index is 9.40. The molecule has 2 N–H and O–H groups in total. The molecule has 18 heavy (non-hydrogen) atoms. The van der Waals surface area contributed by atoms with Crippen molar-refractivity contribution in [1.29, 1.82) is 0 Å². The van der Waals surface area contributed by atoms with Gasteiger partial charge in [0.25, 0.3) is 0 Å². The molecule has 0 aliphatic rings. The highest BCUT2D eigenvalue weighted by atomic mass is 16.3. The van der Waals surface area contributed by atoms with Gasteiger partial charge in [0.2, 0.25) is 0 Å². The van der Waals surface area contributed by atoms with Gasteiger partial charge in [0.1, 0.15) is 5.75 Å². The molecule has 0 saturated heterocycles. The average Bonchev–Trinajstić information content (AvgIpc) is 2.37. The van der Waals surface area contributed by atoms with E-state index in [1.807, 2.05) is 12.1 Å². The van der Waals surface area contributed by atoms with Crippen LogP contribution in [0.1, 0.15) is 29.7 Å². The molecule has 0 fully saturated rings. The van der Waals surface area contributed by atoms with Crippen LogP contribution in [0.3, 0.4) is 0 Å². The maximum Gasteiger partial charge on any atom is 0.115 e. The van der Waals surface area contributed by atoms with E-state index in [0.717, 1.165) is 12.1 Å².